The van der Waals surface area contributed by atoms with Crippen LogP contribution in [0.25, 0.3) is 0 Å². The van der Waals surface area contributed by atoms with E-state index in [1.165, 1.54) is 0 Å². The van der Waals surface area contributed by atoms with Crippen LogP contribution in [0.5, 0.6) is 0 Å². The zero-order valence-electron chi connectivity index (χ0n) is 12.1. The van der Waals surface area contributed by atoms with Crippen LogP contribution in [0.15, 0.2) is 30.6 Å². The van der Waals surface area contributed by atoms with Crippen LogP contribution in [0.4, 0.5) is 0 Å². The predicted molar refractivity (Wildman–Crippen MR) is 82.3 cm³/mol. The van der Waals surface area contributed by atoms with Crippen LogP contribution in [-0.4, -0.2) is 15.5 Å². The van der Waals surface area contributed by atoms with Crippen molar-refractivity contribution in [1.29, 1.82) is 0 Å². The molecule has 5 heteroatoms. The number of aryl methyl sites for hydroxylation is 2. The van der Waals surface area contributed by atoms with E-state index in [1.54, 1.807) is 23.0 Å². The molecule has 21 heavy (non-hydrogen) atoms. The summed E-state index contributed by atoms with van der Waals surface area (Å²) >= 11 is 5.95. The summed E-state index contributed by atoms with van der Waals surface area (Å²) in [6.45, 7) is 2.03. The summed E-state index contributed by atoms with van der Waals surface area (Å²) in [5, 5.41) is 3.69. The number of carbonyl (C=O) groups excluding carboxylic acids is 1. The molecule has 3 rings (SSSR count). The number of hydrogen-bond acceptors (Lipinski definition) is 2. The van der Waals surface area contributed by atoms with Gasteiger partial charge in [0.15, 0.2) is 0 Å². The minimum atomic E-state index is -0.105. The molecular formula is C16H18ClN3O. The van der Waals surface area contributed by atoms with Gasteiger partial charge >= 0.3 is 0 Å². The van der Waals surface area contributed by atoms with Gasteiger partial charge in [0.1, 0.15) is 5.69 Å². The number of nitrogens with one attached hydrogen (secondary N) is 1. The highest BCUT2D eigenvalue weighted by Crippen LogP contribution is 2.41. The number of halogens is 1. The molecule has 0 saturated heterocycles. The van der Waals surface area contributed by atoms with E-state index < -0.39 is 0 Å². The largest absolute Gasteiger partial charge is 0.345 e. The first-order valence-electron chi connectivity index (χ1n) is 7.10. The first-order chi connectivity index (χ1) is 10.1. The lowest BCUT2D eigenvalue weighted by Gasteiger charge is -2.19. The average molecular weight is 304 g/mol. The first kappa shape index (κ1) is 14.1. The minimum absolute atomic E-state index is 0.0209. The van der Waals surface area contributed by atoms with E-state index in [2.05, 4.69) is 10.3 Å². The smallest absolute Gasteiger partial charge is 0.268 e. The van der Waals surface area contributed by atoms with Crippen LogP contribution < -0.4 is 5.32 Å². The Bertz CT molecular complexity index is 676. The molecule has 0 bridgehead atoms. The second-order valence-corrected chi connectivity index (χ2v) is 6.09. The molecule has 1 N–H and O–H groups in total. The van der Waals surface area contributed by atoms with Crippen molar-refractivity contribution in [2.24, 2.45) is 13.0 Å². The zero-order chi connectivity index (χ0) is 15.0. The number of nitrogens with zero attached hydrogens (tertiary/aromatic N) is 2. The maximum Gasteiger partial charge on any atom is 0.268 e. The van der Waals surface area contributed by atoms with E-state index >= 15 is 0 Å². The Labute approximate surface area is 129 Å². The third-order valence-electron chi connectivity index (χ3n) is 3.93. The van der Waals surface area contributed by atoms with Crippen molar-refractivity contribution in [3.05, 3.63) is 52.6 Å². The summed E-state index contributed by atoms with van der Waals surface area (Å²) in [7, 11) is 1.82. The maximum atomic E-state index is 12.5. The average Bonchev–Trinajstić information content (AvgIpc) is 3.22. The van der Waals surface area contributed by atoms with Crippen LogP contribution >= 0.6 is 11.6 Å². The van der Waals surface area contributed by atoms with Gasteiger partial charge in [-0.3, -0.25) is 9.78 Å². The van der Waals surface area contributed by atoms with Crippen LogP contribution in [-0.2, 0) is 7.05 Å². The van der Waals surface area contributed by atoms with E-state index in [1.807, 2.05) is 26.1 Å². The molecule has 0 aliphatic heterocycles. The molecule has 4 nitrogen and oxygen atoms in total. The van der Waals surface area contributed by atoms with Crippen molar-refractivity contribution in [2.45, 2.75) is 25.8 Å². The summed E-state index contributed by atoms with van der Waals surface area (Å²) in [5.74, 6) is 0.379. The van der Waals surface area contributed by atoms with Crippen molar-refractivity contribution >= 4 is 17.5 Å². The highest BCUT2D eigenvalue weighted by atomic mass is 35.5. The SMILES string of the molecule is Cc1cccnc1[C@@H](NC(=O)c1cc(Cl)cn1C)C1CC1. The highest BCUT2D eigenvalue weighted by molar-refractivity contribution is 6.31. The fraction of sp³-hybridized carbons (Fsp3) is 0.375. The molecule has 0 aromatic carbocycles. The molecule has 1 atom stereocenters. The Hall–Kier alpha value is -1.81. The first-order valence-corrected chi connectivity index (χ1v) is 7.48. The minimum Gasteiger partial charge on any atom is -0.345 e. The summed E-state index contributed by atoms with van der Waals surface area (Å²) in [4.78, 5) is 17.0. The summed E-state index contributed by atoms with van der Waals surface area (Å²) in [6, 6.07) is 5.61. The van der Waals surface area contributed by atoms with E-state index in [0.717, 1.165) is 24.1 Å². The van der Waals surface area contributed by atoms with Gasteiger partial charge in [0, 0.05) is 19.4 Å². The Balaban J connectivity index is 1.85. The summed E-state index contributed by atoms with van der Waals surface area (Å²) < 4.78 is 1.74. The fourth-order valence-corrected chi connectivity index (χ4v) is 2.88. The standard InChI is InChI=1S/C16H18ClN3O/c1-10-4-3-7-18-14(10)15(11-5-6-11)19-16(21)13-8-12(17)9-20(13)2/h3-4,7-9,11,15H,5-6H2,1-2H3,(H,19,21)/t15-/m0/s1. The van der Waals surface area contributed by atoms with E-state index in [9.17, 15) is 4.79 Å². The Morgan fingerprint density at radius 3 is 2.86 bits per heavy atom. The second-order valence-electron chi connectivity index (χ2n) is 5.65. The number of pyridine rings is 1. The lowest BCUT2D eigenvalue weighted by molar-refractivity contribution is 0.0922. The van der Waals surface area contributed by atoms with Gasteiger partial charge in [-0.15, -0.1) is 0 Å². The van der Waals surface area contributed by atoms with Gasteiger partial charge in [0.25, 0.3) is 5.91 Å². The normalized spacial score (nSPS) is 15.8. The van der Waals surface area contributed by atoms with Gasteiger partial charge in [0.05, 0.1) is 16.8 Å². The van der Waals surface area contributed by atoms with Crippen LogP contribution in [0.1, 0.15) is 40.6 Å². The van der Waals surface area contributed by atoms with Gasteiger partial charge in [-0.2, -0.15) is 0 Å². The molecule has 2 aromatic heterocycles. The second kappa shape index (κ2) is 5.53. The van der Waals surface area contributed by atoms with E-state index in [-0.39, 0.29) is 11.9 Å². The maximum absolute atomic E-state index is 12.5. The lowest BCUT2D eigenvalue weighted by atomic mass is 10.0. The van der Waals surface area contributed by atoms with Gasteiger partial charge in [0.2, 0.25) is 0 Å². The summed E-state index contributed by atoms with van der Waals surface area (Å²) in [6.07, 6.45) is 5.78. The van der Waals surface area contributed by atoms with Crippen LogP contribution in [0, 0.1) is 12.8 Å². The number of carbonyl (C=O) groups is 1. The van der Waals surface area contributed by atoms with Crippen molar-refractivity contribution in [2.75, 3.05) is 0 Å². The van der Waals surface area contributed by atoms with Gasteiger partial charge < -0.3 is 9.88 Å². The van der Waals surface area contributed by atoms with E-state index in [4.69, 9.17) is 11.6 Å². The third-order valence-corrected chi connectivity index (χ3v) is 4.14. The summed E-state index contributed by atoms with van der Waals surface area (Å²) in [5.41, 5.74) is 2.65. The van der Waals surface area contributed by atoms with Crippen molar-refractivity contribution in [3.8, 4) is 0 Å². The van der Waals surface area contributed by atoms with Crippen molar-refractivity contribution < 1.29 is 4.79 Å². The molecule has 2 aromatic rings. The Kier molecular flexibility index (Phi) is 3.72. The third kappa shape index (κ3) is 2.95. The number of aromatic nitrogens is 2. The van der Waals surface area contributed by atoms with Crippen LogP contribution in [0.2, 0.25) is 5.02 Å². The molecule has 1 amide bonds. The topological polar surface area (TPSA) is 46.9 Å². The molecule has 1 fully saturated rings. The van der Waals surface area contributed by atoms with Gasteiger partial charge in [-0.05, 0) is 43.4 Å². The quantitative estimate of drug-likeness (QED) is 0.942. The monoisotopic (exact) mass is 303 g/mol. The highest BCUT2D eigenvalue weighted by Gasteiger charge is 2.35. The molecule has 2 heterocycles. The molecular weight excluding hydrogens is 286 g/mol. The Morgan fingerprint density at radius 2 is 2.29 bits per heavy atom. The number of amides is 1. The predicted octanol–water partition coefficient (Wildman–Crippen LogP) is 3.26. The lowest BCUT2D eigenvalue weighted by Crippen LogP contribution is -2.32. The van der Waals surface area contributed by atoms with Gasteiger partial charge in [-0.25, -0.2) is 0 Å². The molecule has 1 aliphatic carbocycles. The molecule has 0 unspecified atom stereocenters. The molecule has 0 spiro atoms. The number of hydrogen-bond donors (Lipinski definition) is 1. The molecule has 0 radical (unpaired) electrons. The van der Waals surface area contributed by atoms with Crippen molar-refractivity contribution in [3.63, 3.8) is 0 Å². The fourth-order valence-electron chi connectivity index (χ4n) is 2.63. The molecule has 1 aliphatic rings. The van der Waals surface area contributed by atoms with Crippen molar-refractivity contribution in [1.82, 2.24) is 14.9 Å². The Morgan fingerprint density at radius 1 is 1.52 bits per heavy atom. The van der Waals surface area contributed by atoms with E-state index in [0.29, 0.717) is 16.6 Å². The zero-order valence-corrected chi connectivity index (χ0v) is 12.9. The molecule has 110 valence electrons. The van der Waals surface area contributed by atoms with Gasteiger partial charge in [-0.1, -0.05) is 17.7 Å². The van der Waals surface area contributed by atoms with Crippen LogP contribution in [0.3, 0.4) is 0 Å². The number of rotatable bonds is 4. The molecule has 1 saturated carbocycles.